The fourth-order valence-corrected chi connectivity index (χ4v) is 7.77. The molecule has 4 aliphatic heterocycles. The van der Waals surface area contributed by atoms with Crippen molar-refractivity contribution in [1.29, 1.82) is 0 Å². The number of amides is 1. The van der Waals surface area contributed by atoms with Gasteiger partial charge in [0.15, 0.2) is 0 Å². The zero-order valence-corrected chi connectivity index (χ0v) is 24.6. The van der Waals surface area contributed by atoms with Gasteiger partial charge < -0.3 is 14.2 Å². The minimum Gasteiger partial charge on any atom is -0.439 e. The lowest BCUT2D eigenvalue weighted by molar-refractivity contribution is -0.142. The summed E-state index contributed by atoms with van der Waals surface area (Å²) in [5.74, 6) is -3.20. The highest BCUT2D eigenvalue weighted by atomic mass is 19.4. The molecule has 3 atom stereocenters. The molecule has 5 heterocycles. The molecule has 238 valence electrons. The second-order valence-electron chi connectivity index (χ2n) is 12.9. The lowest BCUT2D eigenvalue weighted by Crippen LogP contribution is -2.67. The van der Waals surface area contributed by atoms with Crippen molar-refractivity contribution in [3.63, 3.8) is 0 Å². The van der Waals surface area contributed by atoms with Crippen LogP contribution < -0.4 is 4.90 Å². The predicted molar refractivity (Wildman–Crippen MR) is 150 cm³/mol. The number of alkyl halides is 5. The highest BCUT2D eigenvalue weighted by molar-refractivity contribution is 6.11. The highest BCUT2D eigenvalue weighted by Gasteiger charge is 2.58. The van der Waals surface area contributed by atoms with Gasteiger partial charge in [0.05, 0.1) is 5.56 Å². The number of halogens is 5. The normalized spacial score (nSPS) is 25.4. The third-order valence-corrected chi connectivity index (χ3v) is 9.78. The van der Waals surface area contributed by atoms with E-state index >= 15 is 0 Å². The third kappa shape index (κ3) is 4.98. The molecule has 1 aromatic heterocycles. The Morgan fingerprint density at radius 3 is 2.44 bits per heavy atom. The Morgan fingerprint density at radius 2 is 1.82 bits per heavy atom. The lowest BCUT2D eigenvalue weighted by Gasteiger charge is -2.56. The smallest absolute Gasteiger partial charge is 0.416 e. The number of rotatable bonds is 8. The second kappa shape index (κ2) is 10.3. The summed E-state index contributed by atoms with van der Waals surface area (Å²) >= 11 is 0. The molecule has 1 amide bonds. The van der Waals surface area contributed by atoms with Crippen LogP contribution in [0.25, 0.3) is 0 Å². The maximum Gasteiger partial charge on any atom is 0.416 e. The molecule has 1 saturated carbocycles. The first kappa shape index (κ1) is 29.8. The number of aromatic nitrogens is 3. The first-order valence-corrected chi connectivity index (χ1v) is 14.7. The van der Waals surface area contributed by atoms with Crippen molar-refractivity contribution >= 4 is 18.1 Å². The van der Waals surface area contributed by atoms with Crippen LogP contribution in [0, 0.1) is 0 Å². The number of hydrogen-bond acceptors (Lipinski definition) is 7. The van der Waals surface area contributed by atoms with Crippen molar-refractivity contribution in [3.8, 4) is 0 Å². The minimum atomic E-state index is -4.84. The molecule has 0 radical (unpaired) electrons. The molecule has 2 aromatic carbocycles. The minimum absolute atomic E-state index is 0.0117. The van der Waals surface area contributed by atoms with Crippen LogP contribution in [0.5, 0.6) is 0 Å². The van der Waals surface area contributed by atoms with Gasteiger partial charge in [0.25, 0.3) is 12.4 Å². The fraction of sp³-hybridized carbons (Fsp3) is 0.484. The molecule has 3 saturated heterocycles. The van der Waals surface area contributed by atoms with Crippen LogP contribution >= 0.6 is 0 Å². The maximum absolute atomic E-state index is 14.6. The quantitative estimate of drug-likeness (QED) is 0.269. The van der Waals surface area contributed by atoms with E-state index in [-0.39, 0.29) is 42.8 Å². The molecule has 14 heteroatoms. The molecule has 9 nitrogen and oxygen atoms in total. The van der Waals surface area contributed by atoms with E-state index < -0.39 is 53.6 Å². The number of fused-ring (bicyclic) bond motifs is 3. The van der Waals surface area contributed by atoms with Gasteiger partial charge in [-0.05, 0) is 48.9 Å². The van der Waals surface area contributed by atoms with Crippen LogP contribution in [0.15, 0.2) is 42.7 Å². The van der Waals surface area contributed by atoms with Gasteiger partial charge in [-0.25, -0.2) is 8.78 Å². The molecule has 4 fully saturated rings. The molecular weight excluding hydrogens is 599 g/mol. The Balaban J connectivity index is 1.27. The van der Waals surface area contributed by atoms with Crippen molar-refractivity contribution in [2.45, 2.75) is 68.1 Å². The van der Waals surface area contributed by atoms with Crippen LogP contribution in [-0.4, -0.2) is 75.1 Å². The van der Waals surface area contributed by atoms with E-state index in [9.17, 15) is 31.5 Å². The van der Waals surface area contributed by atoms with Gasteiger partial charge in [0.2, 0.25) is 12.2 Å². The average Bonchev–Trinajstić information content (AvgIpc) is 3.49. The van der Waals surface area contributed by atoms with E-state index in [2.05, 4.69) is 20.0 Å². The van der Waals surface area contributed by atoms with E-state index in [0.717, 1.165) is 30.5 Å². The molecule has 1 aliphatic carbocycles. The number of carbonyl (C=O) groups is 2. The van der Waals surface area contributed by atoms with E-state index in [0.29, 0.717) is 17.0 Å². The molecule has 3 unspecified atom stereocenters. The number of nitrogens with zero attached hydrogens (tertiary/aromatic N) is 6. The topological polar surface area (TPSA) is 83.8 Å². The number of carbonyl (C=O) groups excluding carboxylic acids is 2. The summed E-state index contributed by atoms with van der Waals surface area (Å²) in [5, 5.41) is 7.90. The molecule has 3 aromatic rings. The van der Waals surface area contributed by atoms with Crippen molar-refractivity contribution < 1.29 is 36.3 Å². The monoisotopic (exact) mass is 630 g/mol. The molecule has 2 bridgehead atoms. The summed E-state index contributed by atoms with van der Waals surface area (Å²) in [4.78, 5) is 30.9. The zero-order valence-electron chi connectivity index (χ0n) is 24.6. The molecule has 45 heavy (non-hydrogen) atoms. The molecule has 0 spiro atoms. The Hall–Kier alpha value is -3.91. The van der Waals surface area contributed by atoms with Crippen LogP contribution in [0.4, 0.5) is 27.6 Å². The summed E-state index contributed by atoms with van der Waals surface area (Å²) in [7, 11) is 3.72. The molecule has 0 N–H and O–H groups in total. The van der Waals surface area contributed by atoms with Gasteiger partial charge >= 0.3 is 6.18 Å². The van der Waals surface area contributed by atoms with Crippen molar-refractivity contribution in [2.75, 3.05) is 25.0 Å². The van der Waals surface area contributed by atoms with E-state index in [1.54, 1.807) is 23.7 Å². The van der Waals surface area contributed by atoms with Gasteiger partial charge in [-0.3, -0.25) is 19.4 Å². The fourth-order valence-electron chi connectivity index (χ4n) is 7.77. The maximum atomic E-state index is 14.6. The SMILES string of the molecule is CN1CC2CC(C1)N2Cc1cc2c(c(C(F)(F)F)c1)C(OC=O)N(c1cccc(C3(Cc4nncn4C)CC(F)(F)C3)c1)C2=O. The molecular formula is C31H31F5N6O3. The summed E-state index contributed by atoms with van der Waals surface area (Å²) in [6.07, 6.45) is -4.91. The van der Waals surface area contributed by atoms with Crippen molar-refractivity contribution in [2.24, 2.45) is 7.05 Å². The van der Waals surface area contributed by atoms with E-state index in [1.807, 2.05) is 7.05 Å². The van der Waals surface area contributed by atoms with Gasteiger partial charge in [-0.2, -0.15) is 13.2 Å². The molecule has 8 rings (SSSR count). The summed E-state index contributed by atoms with van der Waals surface area (Å²) < 4.78 is 79.4. The number of benzene rings is 2. The van der Waals surface area contributed by atoms with E-state index in [4.69, 9.17) is 4.74 Å². The third-order valence-electron chi connectivity index (χ3n) is 9.78. The number of anilines is 1. The Morgan fingerprint density at radius 1 is 1.09 bits per heavy atom. The van der Waals surface area contributed by atoms with Crippen LogP contribution in [-0.2, 0) is 41.1 Å². The van der Waals surface area contributed by atoms with Crippen molar-refractivity contribution in [1.82, 2.24) is 24.6 Å². The van der Waals surface area contributed by atoms with Crippen LogP contribution in [0.1, 0.15) is 63.9 Å². The number of ether oxygens (including phenoxy) is 1. The first-order valence-electron chi connectivity index (χ1n) is 14.7. The Kier molecular flexibility index (Phi) is 6.82. The number of hydrogen-bond donors (Lipinski definition) is 0. The zero-order chi connectivity index (χ0) is 31.9. The molecule has 5 aliphatic rings. The number of aryl methyl sites for hydroxylation is 1. The first-order chi connectivity index (χ1) is 21.3. The standard InChI is InChI=1S/C31H31F5N6O3/c1-39-12-21-9-22(13-39)41(21)11-18-6-23-26(24(7-18)31(34,35)36)28(45-17-43)42(27(23)44)20-5-3-4-19(8-20)29(14-30(32,33)15-29)10-25-38-37-16-40(25)2/h3-8,16-17,21-22,28H,9-15H2,1-2H3. The summed E-state index contributed by atoms with van der Waals surface area (Å²) in [6, 6.07) is 9.17. The lowest BCUT2D eigenvalue weighted by atomic mass is 9.60. The second-order valence-corrected chi connectivity index (χ2v) is 12.9. The Bertz CT molecular complexity index is 1660. The van der Waals surface area contributed by atoms with Crippen molar-refractivity contribution in [3.05, 3.63) is 76.4 Å². The number of piperazine rings is 1. The summed E-state index contributed by atoms with van der Waals surface area (Å²) in [5.41, 5.74) is -1.81. The Labute approximate surface area is 255 Å². The van der Waals surface area contributed by atoms with Crippen LogP contribution in [0.3, 0.4) is 0 Å². The van der Waals surface area contributed by atoms with Gasteiger partial charge in [0, 0.05) is 80.3 Å². The van der Waals surface area contributed by atoms with Crippen LogP contribution in [0.2, 0.25) is 0 Å². The van der Waals surface area contributed by atoms with Gasteiger partial charge in [-0.15, -0.1) is 10.2 Å². The number of likely N-dealkylation sites (N-methyl/N-ethyl adjacent to an activating group) is 1. The highest BCUT2D eigenvalue weighted by Crippen LogP contribution is 2.56. The number of piperidine rings is 1. The average molecular weight is 631 g/mol. The van der Waals surface area contributed by atoms with Gasteiger partial charge in [0.1, 0.15) is 12.2 Å². The van der Waals surface area contributed by atoms with Gasteiger partial charge in [-0.1, -0.05) is 12.1 Å². The summed E-state index contributed by atoms with van der Waals surface area (Å²) in [6.45, 7) is 1.89. The predicted octanol–water partition coefficient (Wildman–Crippen LogP) is 4.46. The largest absolute Gasteiger partial charge is 0.439 e. The van der Waals surface area contributed by atoms with E-state index in [1.165, 1.54) is 24.5 Å².